The molecule has 0 fully saturated rings. The molecule has 2 heteroatoms. The van der Waals surface area contributed by atoms with Gasteiger partial charge in [0.05, 0.1) is 23.4 Å². The summed E-state index contributed by atoms with van der Waals surface area (Å²) in [6, 6.07) is 2.37. The number of hydrogen-bond acceptors (Lipinski definition) is 2. The molecule has 0 bridgehead atoms. The van der Waals surface area contributed by atoms with E-state index in [-0.39, 0.29) is 5.92 Å². The van der Waals surface area contributed by atoms with Crippen molar-refractivity contribution in [3.05, 3.63) is 35.6 Å². The number of nitriles is 1. The topological polar surface area (TPSA) is 36.1 Å². The molecule has 0 N–H and O–H groups in total. The van der Waals surface area contributed by atoms with Gasteiger partial charge in [0.15, 0.2) is 0 Å². The Bertz CT molecular complexity index is 457. The minimum Gasteiger partial charge on any atom is -0.256 e. The Kier molecular flexibility index (Phi) is 1.85. The molecule has 15 heavy (non-hydrogen) atoms. The molecular weight excluding hydrogens is 184 g/mol. The van der Waals surface area contributed by atoms with E-state index >= 15 is 0 Å². The van der Waals surface area contributed by atoms with E-state index in [9.17, 15) is 0 Å². The lowest BCUT2D eigenvalue weighted by atomic mass is 9.82. The van der Waals surface area contributed by atoms with Crippen LogP contribution in [0.2, 0.25) is 0 Å². The predicted molar refractivity (Wildman–Crippen MR) is 59.2 cm³/mol. The monoisotopic (exact) mass is 196 g/mol. The fourth-order valence-corrected chi connectivity index (χ4v) is 2.65. The third kappa shape index (κ3) is 1.20. The number of rotatable bonds is 0. The molecule has 2 aliphatic carbocycles. The van der Waals surface area contributed by atoms with E-state index in [0.29, 0.717) is 5.92 Å². The van der Waals surface area contributed by atoms with Crippen LogP contribution in [0, 0.1) is 23.2 Å². The van der Waals surface area contributed by atoms with Gasteiger partial charge >= 0.3 is 0 Å². The van der Waals surface area contributed by atoms with E-state index in [0.717, 1.165) is 30.7 Å². The van der Waals surface area contributed by atoms with E-state index in [1.807, 2.05) is 6.08 Å². The predicted octanol–water partition coefficient (Wildman–Crippen LogP) is 2.76. The first-order chi connectivity index (χ1) is 7.40. The number of hydrogen-bond donors (Lipinski definition) is 0. The first-order valence-electron chi connectivity index (χ1n) is 5.46. The minimum atomic E-state index is 0.0358. The number of aliphatic imine (C=N–C) groups is 1. The lowest BCUT2D eigenvalue weighted by Gasteiger charge is -2.20. The van der Waals surface area contributed by atoms with Crippen molar-refractivity contribution in [2.75, 3.05) is 0 Å². The van der Waals surface area contributed by atoms with Crippen molar-refractivity contribution >= 4 is 5.71 Å². The molecule has 3 aliphatic rings. The van der Waals surface area contributed by atoms with Crippen molar-refractivity contribution in [3.63, 3.8) is 0 Å². The summed E-state index contributed by atoms with van der Waals surface area (Å²) in [5, 5.41) is 9.08. The summed E-state index contributed by atoms with van der Waals surface area (Å²) in [5.41, 5.74) is 3.59. The van der Waals surface area contributed by atoms with Gasteiger partial charge in [-0.15, -0.1) is 0 Å². The maximum absolute atomic E-state index is 9.08. The van der Waals surface area contributed by atoms with E-state index in [2.05, 4.69) is 29.3 Å². The second-order valence-electron chi connectivity index (χ2n) is 4.24. The van der Waals surface area contributed by atoms with Crippen molar-refractivity contribution < 1.29 is 0 Å². The van der Waals surface area contributed by atoms with Gasteiger partial charge in [-0.25, -0.2) is 0 Å². The summed E-state index contributed by atoms with van der Waals surface area (Å²) in [4.78, 5) is 4.62. The van der Waals surface area contributed by atoms with Crippen molar-refractivity contribution in [1.82, 2.24) is 0 Å². The van der Waals surface area contributed by atoms with Crippen LogP contribution in [-0.4, -0.2) is 5.71 Å². The molecule has 2 atom stereocenters. The Hall–Kier alpha value is -1.62. The summed E-state index contributed by atoms with van der Waals surface area (Å²) in [5.74, 6) is 0.412. The fourth-order valence-electron chi connectivity index (χ4n) is 2.65. The first kappa shape index (κ1) is 8.67. The zero-order valence-corrected chi connectivity index (χ0v) is 8.48. The maximum atomic E-state index is 9.08. The SMILES string of the molecule is N#C[C@@H]1CCCC2=C1N=C1C=CC=C[C@H]12. The Balaban J connectivity index is 2.06. The zero-order valence-electron chi connectivity index (χ0n) is 8.48. The van der Waals surface area contributed by atoms with E-state index in [1.54, 1.807) is 0 Å². The summed E-state index contributed by atoms with van der Waals surface area (Å²) in [7, 11) is 0. The van der Waals surface area contributed by atoms with Gasteiger partial charge in [0.2, 0.25) is 0 Å². The number of fused-ring (bicyclic) bond motifs is 2. The standard InChI is InChI=1S/C13H12N2/c14-8-9-4-3-6-11-10-5-1-2-7-12(10)15-13(9)11/h1-2,5,7,9-10H,3-4,6H2/t9-,10-/m0/s1. The Morgan fingerprint density at radius 3 is 3.20 bits per heavy atom. The summed E-state index contributed by atoms with van der Waals surface area (Å²) in [6.07, 6.45) is 11.6. The largest absolute Gasteiger partial charge is 0.256 e. The smallest absolute Gasteiger partial charge is 0.0884 e. The molecule has 0 radical (unpaired) electrons. The van der Waals surface area contributed by atoms with Gasteiger partial charge in [0.25, 0.3) is 0 Å². The van der Waals surface area contributed by atoms with Crippen LogP contribution in [-0.2, 0) is 0 Å². The first-order valence-corrected chi connectivity index (χ1v) is 5.46. The molecule has 74 valence electrons. The zero-order chi connectivity index (χ0) is 10.3. The Labute approximate surface area is 89.3 Å². The molecule has 1 heterocycles. The molecule has 0 saturated heterocycles. The van der Waals surface area contributed by atoms with Gasteiger partial charge in [-0.2, -0.15) is 5.26 Å². The van der Waals surface area contributed by atoms with Crippen molar-refractivity contribution in [3.8, 4) is 6.07 Å². The Morgan fingerprint density at radius 1 is 1.40 bits per heavy atom. The minimum absolute atomic E-state index is 0.0358. The second-order valence-corrected chi connectivity index (χ2v) is 4.24. The quantitative estimate of drug-likeness (QED) is 0.586. The molecule has 0 aromatic rings. The number of allylic oxidation sites excluding steroid dienone is 6. The highest BCUT2D eigenvalue weighted by atomic mass is 14.8. The van der Waals surface area contributed by atoms with Crippen LogP contribution in [0.4, 0.5) is 0 Å². The van der Waals surface area contributed by atoms with Crippen LogP contribution >= 0.6 is 0 Å². The maximum Gasteiger partial charge on any atom is 0.0884 e. The molecule has 0 amide bonds. The van der Waals surface area contributed by atoms with Gasteiger partial charge in [0, 0.05) is 5.92 Å². The van der Waals surface area contributed by atoms with Crippen LogP contribution < -0.4 is 0 Å². The van der Waals surface area contributed by atoms with Crippen LogP contribution in [0.1, 0.15) is 19.3 Å². The van der Waals surface area contributed by atoms with Crippen LogP contribution in [0.25, 0.3) is 0 Å². The molecule has 0 aromatic carbocycles. The molecule has 2 nitrogen and oxygen atoms in total. The average Bonchev–Trinajstić information content (AvgIpc) is 2.67. The highest BCUT2D eigenvalue weighted by molar-refractivity contribution is 6.03. The van der Waals surface area contributed by atoms with Gasteiger partial charge in [-0.1, -0.05) is 18.2 Å². The molecular formula is C13H12N2. The fraction of sp³-hybridized carbons (Fsp3) is 0.385. The molecule has 0 unspecified atom stereocenters. The highest BCUT2D eigenvalue weighted by Gasteiger charge is 2.33. The lowest BCUT2D eigenvalue weighted by molar-refractivity contribution is 0.576. The summed E-state index contributed by atoms with van der Waals surface area (Å²) in [6.45, 7) is 0. The molecule has 1 aliphatic heterocycles. The van der Waals surface area contributed by atoms with Crippen LogP contribution in [0.3, 0.4) is 0 Å². The molecule has 0 aromatic heterocycles. The van der Waals surface area contributed by atoms with Crippen molar-refractivity contribution in [1.29, 1.82) is 5.26 Å². The van der Waals surface area contributed by atoms with Crippen LogP contribution in [0.15, 0.2) is 40.6 Å². The van der Waals surface area contributed by atoms with E-state index < -0.39 is 0 Å². The summed E-state index contributed by atoms with van der Waals surface area (Å²) >= 11 is 0. The molecule has 0 spiro atoms. The third-order valence-corrected chi connectivity index (χ3v) is 3.38. The van der Waals surface area contributed by atoms with E-state index in [1.165, 1.54) is 5.57 Å². The number of nitrogens with zero attached hydrogens (tertiary/aromatic N) is 2. The van der Waals surface area contributed by atoms with Crippen molar-refractivity contribution in [2.45, 2.75) is 19.3 Å². The Morgan fingerprint density at radius 2 is 2.33 bits per heavy atom. The molecule has 3 rings (SSSR count). The summed E-state index contributed by atoms with van der Waals surface area (Å²) < 4.78 is 0. The third-order valence-electron chi connectivity index (χ3n) is 3.38. The molecule has 0 saturated carbocycles. The highest BCUT2D eigenvalue weighted by Crippen LogP contribution is 2.41. The van der Waals surface area contributed by atoms with Gasteiger partial charge in [-0.05, 0) is 30.9 Å². The van der Waals surface area contributed by atoms with Crippen molar-refractivity contribution in [2.24, 2.45) is 16.8 Å². The lowest BCUT2D eigenvalue weighted by Crippen LogP contribution is -2.13. The van der Waals surface area contributed by atoms with E-state index in [4.69, 9.17) is 5.26 Å². The van der Waals surface area contributed by atoms with Crippen LogP contribution in [0.5, 0.6) is 0 Å². The average molecular weight is 196 g/mol. The second kappa shape index (κ2) is 3.20. The van der Waals surface area contributed by atoms with Gasteiger partial charge < -0.3 is 0 Å². The van der Waals surface area contributed by atoms with Gasteiger partial charge in [-0.3, -0.25) is 4.99 Å². The van der Waals surface area contributed by atoms with Gasteiger partial charge in [0.1, 0.15) is 0 Å². The normalized spacial score (nSPS) is 32.1.